The number of halogens is 2. The Bertz CT molecular complexity index is 636. The summed E-state index contributed by atoms with van der Waals surface area (Å²) in [7, 11) is 0. The van der Waals surface area contributed by atoms with Crippen molar-refractivity contribution in [3.8, 4) is 0 Å². The molecule has 1 heterocycles. The number of hydrogen-bond acceptors (Lipinski definition) is 3. The topological polar surface area (TPSA) is 37.8 Å². The van der Waals surface area contributed by atoms with Gasteiger partial charge in [-0.3, -0.25) is 0 Å². The van der Waals surface area contributed by atoms with E-state index in [-0.39, 0.29) is 5.82 Å². The molecule has 5 heteroatoms. The smallest absolute Gasteiger partial charge is 0.133 e. The van der Waals surface area contributed by atoms with Gasteiger partial charge >= 0.3 is 0 Å². The van der Waals surface area contributed by atoms with E-state index in [1.54, 1.807) is 12.1 Å². The normalized spacial score (nSPS) is 14.4. The molecule has 0 bridgehead atoms. The Morgan fingerprint density at radius 3 is 2.86 bits per heavy atom. The van der Waals surface area contributed by atoms with E-state index < -0.39 is 0 Å². The SMILES string of the molecule is Cc1cc(CNC2CC2)nc(Cc2c(F)cccc2Cl)n1. The first-order valence-electron chi connectivity index (χ1n) is 7.11. The van der Waals surface area contributed by atoms with Crippen molar-refractivity contribution in [1.29, 1.82) is 0 Å². The molecule has 1 aromatic carbocycles. The van der Waals surface area contributed by atoms with Gasteiger partial charge in [0.1, 0.15) is 11.6 Å². The standard InChI is InChI=1S/C16H17ClFN3/c1-10-7-12(9-19-11-5-6-11)21-16(20-10)8-13-14(17)3-2-4-15(13)18/h2-4,7,11,19H,5-6,8-9H2,1H3. The van der Waals surface area contributed by atoms with Crippen LogP contribution in [0.2, 0.25) is 5.02 Å². The van der Waals surface area contributed by atoms with Gasteiger partial charge in [0.15, 0.2) is 0 Å². The van der Waals surface area contributed by atoms with E-state index in [4.69, 9.17) is 11.6 Å². The van der Waals surface area contributed by atoms with E-state index in [1.807, 2.05) is 13.0 Å². The summed E-state index contributed by atoms with van der Waals surface area (Å²) in [6, 6.07) is 7.29. The van der Waals surface area contributed by atoms with Crippen LogP contribution in [0.15, 0.2) is 24.3 Å². The molecular weight excluding hydrogens is 289 g/mol. The molecular formula is C16H17ClFN3. The van der Waals surface area contributed by atoms with Gasteiger partial charge in [-0.2, -0.15) is 0 Å². The largest absolute Gasteiger partial charge is 0.308 e. The Balaban J connectivity index is 1.80. The zero-order valence-corrected chi connectivity index (χ0v) is 12.6. The first kappa shape index (κ1) is 14.4. The van der Waals surface area contributed by atoms with Crippen molar-refractivity contribution in [2.45, 2.75) is 38.8 Å². The highest BCUT2D eigenvalue weighted by atomic mass is 35.5. The van der Waals surface area contributed by atoms with Crippen LogP contribution in [0.1, 0.15) is 35.6 Å². The number of rotatable bonds is 5. The predicted octanol–water partition coefficient (Wildman–Crippen LogP) is 3.42. The Labute approximate surface area is 128 Å². The van der Waals surface area contributed by atoms with Crippen molar-refractivity contribution < 1.29 is 4.39 Å². The molecule has 0 atom stereocenters. The predicted molar refractivity (Wildman–Crippen MR) is 80.8 cm³/mol. The fraction of sp³-hybridized carbons (Fsp3) is 0.375. The Kier molecular flexibility index (Phi) is 4.17. The molecule has 1 saturated carbocycles. The summed E-state index contributed by atoms with van der Waals surface area (Å²) in [5.74, 6) is 0.292. The molecule has 21 heavy (non-hydrogen) atoms. The van der Waals surface area contributed by atoms with Crippen molar-refractivity contribution in [3.05, 3.63) is 57.9 Å². The second-order valence-corrected chi connectivity index (χ2v) is 5.86. The zero-order chi connectivity index (χ0) is 14.8. The van der Waals surface area contributed by atoms with Gasteiger partial charge in [-0.1, -0.05) is 17.7 Å². The second-order valence-electron chi connectivity index (χ2n) is 5.45. The highest BCUT2D eigenvalue weighted by molar-refractivity contribution is 6.31. The molecule has 1 N–H and O–H groups in total. The number of nitrogens with one attached hydrogen (secondary N) is 1. The minimum Gasteiger partial charge on any atom is -0.308 e. The van der Waals surface area contributed by atoms with Crippen molar-refractivity contribution >= 4 is 11.6 Å². The fourth-order valence-electron chi connectivity index (χ4n) is 2.27. The molecule has 0 saturated heterocycles. The van der Waals surface area contributed by atoms with Crippen LogP contribution in [-0.2, 0) is 13.0 Å². The van der Waals surface area contributed by atoms with Crippen molar-refractivity contribution in [2.75, 3.05) is 0 Å². The van der Waals surface area contributed by atoms with Crippen LogP contribution in [0.4, 0.5) is 4.39 Å². The summed E-state index contributed by atoms with van der Waals surface area (Å²) in [5, 5.41) is 3.84. The number of aryl methyl sites for hydroxylation is 1. The highest BCUT2D eigenvalue weighted by Gasteiger charge is 2.20. The van der Waals surface area contributed by atoms with E-state index in [0.29, 0.717) is 28.9 Å². The molecule has 0 spiro atoms. The molecule has 1 aromatic heterocycles. The molecule has 1 aliphatic rings. The van der Waals surface area contributed by atoms with Crippen LogP contribution in [-0.4, -0.2) is 16.0 Å². The molecule has 110 valence electrons. The molecule has 0 aliphatic heterocycles. The van der Waals surface area contributed by atoms with E-state index in [2.05, 4.69) is 15.3 Å². The third kappa shape index (κ3) is 3.77. The lowest BCUT2D eigenvalue weighted by atomic mass is 10.1. The maximum Gasteiger partial charge on any atom is 0.133 e. The van der Waals surface area contributed by atoms with Crippen LogP contribution >= 0.6 is 11.6 Å². The van der Waals surface area contributed by atoms with Gasteiger partial charge < -0.3 is 5.32 Å². The summed E-state index contributed by atoms with van der Waals surface area (Å²) in [6.07, 6.45) is 2.78. The Morgan fingerprint density at radius 2 is 2.14 bits per heavy atom. The van der Waals surface area contributed by atoms with Gasteiger partial charge in [0.25, 0.3) is 0 Å². The van der Waals surface area contributed by atoms with Gasteiger partial charge in [-0.15, -0.1) is 0 Å². The van der Waals surface area contributed by atoms with Gasteiger partial charge in [0.05, 0.1) is 5.69 Å². The lowest BCUT2D eigenvalue weighted by Gasteiger charge is -2.08. The van der Waals surface area contributed by atoms with Crippen molar-refractivity contribution in [1.82, 2.24) is 15.3 Å². The van der Waals surface area contributed by atoms with Crippen LogP contribution in [0.3, 0.4) is 0 Å². The van der Waals surface area contributed by atoms with E-state index >= 15 is 0 Å². The van der Waals surface area contributed by atoms with E-state index in [9.17, 15) is 4.39 Å². The fourth-order valence-corrected chi connectivity index (χ4v) is 2.50. The van der Waals surface area contributed by atoms with Gasteiger partial charge in [-0.25, -0.2) is 14.4 Å². The quantitative estimate of drug-likeness (QED) is 0.920. The zero-order valence-electron chi connectivity index (χ0n) is 11.9. The molecule has 1 fully saturated rings. The molecule has 2 aromatic rings. The minimum absolute atomic E-state index is 0.309. The average Bonchev–Trinajstić information content (AvgIpc) is 3.24. The summed E-state index contributed by atoms with van der Waals surface area (Å²) in [6.45, 7) is 2.65. The van der Waals surface area contributed by atoms with Crippen molar-refractivity contribution in [3.63, 3.8) is 0 Å². The van der Waals surface area contributed by atoms with E-state index in [1.165, 1.54) is 18.9 Å². The lowest BCUT2D eigenvalue weighted by Crippen LogP contribution is -2.17. The van der Waals surface area contributed by atoms with Gasteiger partial charge in [0, 0.05) is 35.3 Å². The van der Waals surface area contributed by atoms with Crippen LogP contribution in [0, 0.1) is 12.7 Å². The summed E-state index contributed by atoms with van der Waals surface area (Å²) >= 11 is 6.06. The Hall–Kier alpha value is -1.52. The minimum atomic E-state index is -0.315. The number of nitrogens with zero attached hydrogens (tertiary/aromatic N) is 2. The first-order chi connectivity index (χ1) is 10.1. The third-order valence-corrected chi connectivity index (χ3v) is 3.85. The number of hydrogen-bond donors (Lipinski definition) is 1. The molecule has 1 aliphatic carbocycles. The number of aromatic nitrogens is 2. The highest BCUT2D eigenvalue weighted by Crippen LogP contribution is 2.22. The van der Waals surface area contributed by atoms with E-state index in [0.717, 1.165) is 17.9 Å². The summed E-state index contributed by atoms with van der Waals surface area (Å²) in [4.78, 5) is 8.90. The average molecular weight is 306 g/mol. The third-order valence-electron chi connectivity index (χ3n) is 3.50. The maximum atomic E-state index is 13.8. The molecule has 0 amide bonds. The van der Waals surface area contributed by atoms with Gasteiger partial charge in [-0.05, 0) is 38.0 Å². The lowest BCUT2D eigenvalue weighted by molar-refractivity contribution is 0.611. The van der Waals surface area contributed by atoms with Crippen LogP contribution in [0.5, 0.6) is 0 Å². The second kappa shape index (κ2) is 6.08. The first-order valence-corrected chi connectivity index (χ1v) is 7.49. The summed E-state index contributed by atoms with van der Waals surface area (Å²) < 4.78 is 13.8. The monoisotopic (exact) mass is 305 g/mol. The summed E-state index contributed by atoms with van der Waals surface area (Å²) in [5.41, 5.74) is 2.28. The maximum absolute atomic E-state index is 13.8. The Morgan fingerprint density at radius 1 is 1.33 bits per heavy atom. The van der Waals surface area contributed by atoms with Crippen LogP contribution < -0.4 is 5.32 Å². The molecule has 0 unspecified atom stereocenters. The van der Waals surface area contributed by atoms with Gasteiger partial charge in [0.2, 0.25) is 0 Å². The molecule has 3 rings (SSSR count). The van der Waals surface area contributed by atoms with Crippen molar-refractivity contribution in [2.24, 2.45) is 0 Å². The molecule has 0 radical (unpaired) electrons. The number of benzene rings is 1. The molecule has 3 nitrogen and oxygen atoms in total. The van der Waals surface area contributed by atoms with Crippen LogP contribution in [0.25, 0.3) is 0 Å².